The van der Waals surface area contributed by atoms with Crippen LogP contribution in [-0.4, -0.2) is 13.2 Å². The summed E-state index contributed by atoms with van der Waals surface area (Å²) in [6, 6.07) is 69.7. The lowest BCUT2D eigenvalue weighted by molar-refractivity contribution is 0.337. The lowest BCUT2D eigenvalue weighted by Crippen LogP contribution is -2.02. The molecule has 9 aromatic carbocycles. The molecule has 0 amide bonds. The molecule has 0 saturated heterocycles. The van der Waals surface area contributed by atoms with Crippen LogP contribution in [0, 0.1) is 0 Å². The zero-order valence-electron chi connectivity index (χ0n) is 31.7. The molecule has 2 nitrogen and oxygen atoms in total. The zero-order chi connectivity index (χ0) is 37.8. The van der Waals surface area contributed by atoms with Crippen molar-refractivity contribution in [2.75, 3.05) is 13.2 Å². The molecule has 0 fully saturated rings. The van der Waals surface area contributed by atoms with Crippen LogP contribution in [0.4, 0.5) is 0 Å². The maximum Gasteiger partial charge on any atom is 0.128 e. The first-order valence-electron chi connectivity index (χ1n) is 19.5. The van der Waals surface area contributed by atoms with Crippen LogP contribution in [0.2, 0.25) is 0 Å². The molecule has 0 atom stereocenters. The zero-order valence-corrected chi connectivity index (χ0v) is 31.7. The summed E-state index contributed by atoms with van der Waals surface area (Å²) in [6.45, 7) is 5.19. The summed E-state index contributed by atoms with van der Waals surface area (Å²) < 4.78 is 13.2. The fourth-order valence-electron chi connectivity index (χ4n) is 8.33. The Morgan fingerprint density at radius 3 is 1.34 bits per heavy atom. The number of hydrogen-bond acceptors (Lipinski definition) is 2. The van der Waals surface area contributed by atoms with Gasteiger partial charge in [-0.3, -0.25) is 0 Å². The number of benzene rings is 9. The molecule has 0 heterocycles. The van der Waals surface area contributed by atoms with E-state index in [0.717, 1.165) is 72.0 Å². The Morgan fingerprint density at radius 2 is 0.750 bits per heavy atom. The lowest BCUT2D eigenvalue weighted by Gasteiger charge is -2.26. The van der Waals surface area contributed by atoms with Crippen molar-refractivity contribution in [3.05, 3.63) is 194 Å². The van der Waals surface area contributed by atoms with Gasteiger partial charge in [0.15, 0.2) is 0 Å². The molecule has 0 radical (unpaired) electrons. The van der Waals surface area contributed by atoms with Crippen LogP contribution in [0.5, 0.6) is 11.5 Å². The molecule has 0 aliphatic rings. The summed E-state index contributed by atoms with van der Waals surface area (Å²) in [5, 5.41) is 4.54. The monoisotopic (exact) mass is 722 g/mol. The van der Waals surface area contributed by atoms with Crippen LogP contribution in [0.15, 0.2) is 194 Å². The summed E-state index contributed by atoms with van der Waals surface area (Å²) in [7, 11) is 0. The molecule has 56 heavy (non-hydrogen) atoms. The standard InChI is InChI=1S/C54H42O2/c1-3-55-48-34-33-38-23-17-18-30-42(38)53(48)54-44-32-20-19-31-43(44)46(36-49(54)56-4-2)47-35-45(37-21-9-5-10-22-37)50(39-24-11-6-12-25-39)52(41-28-15-8-16-29-41)51(47)40-26-13-7-14-27-40/h5-36H,3-4H2,1-2H3. The van der Waals surface area contributed by atoms with E-state index >= 15 is 0 Å². The highest BCUT2D eigenvalue weighted by atomic mass is 16.5. The first-order chi connectivity index (χ1) is 27.7. The molecule has 0 aliphatic heterocycles. The molecule has 0 N–H and O–H groups in total. The van der Waals surface area contributed by atoms with E-state index in [0.29, 0.717) is 13.2 Å². The van der Waals surface area contributed by atoms with Gasteiger partial charge in [-0.05, 0) is 109 Å². The van der Waals surface area contributed by atoms with E-state index in [1.165, 1.54) is 27.8 Å². The molecule has 9 aromatic rings. The number of hydrogen-bond donors (Lipinski definition) is 0. The van der Waals surface area contributed by atoms with Gasteiger partial charge in [-0.1, -0.05) is 176 Å². The van der Waals surface area contributed by atoms with Crippen molar-refractivity contribution >= 4 is 21.5 Å². The second-order valence-electron chi connectivity index (χ2n) is 13.9. The maximum absolute atomic E-state index is 6.76. The Balaban J connectivity index is 1.48. The predicted octanol–water partition coefficient (Wildman–Crippen LogP) is 14.8. The van der Waals surface area contributed by atoms with Crippen molar-refractivity contribution in [2.45, 2.75) is 13.8 Å². The molecular weight excluding hydrogens is 681 g/mol. The minimum Gasteiger partial charge on any atom is -0.493 e. The van der Waals surface area contributed by atoms with Gasteiger partial charge in [-0.2, -0.15) is 0 Å². The minimum absolute atomic E-state index is 0.516. The molecule has 2 heteroatoms. The number of fused-ring (bicyclic) bond motifs is 2. The van der Waals surface area contributed by atoms with Gasteiger partial charge in [0.25, 0.3) is 0 Å². The topological polar surface area (TPSA) is 18.5 Å². The molecule has 9 rings (SSSR count). The van der Waals surface area contributed by atoms with Gasteiger partial charge in [-0.15, -0.1) is 0 Å². The third-order valence-electron chi connectivity index (χ3n) is 10.6. The van der Waals surface area contributed by atoms with Crippen molar-refractivity contribution in [2.24, 2.45) is 0 Å². The van der Waals surface area contributed by atoms with Gasteiger partial charge >= 0.3 is 0 Å². The average molecular weight is 723 g/mol. The van der Waals surface area contributed by atoms with Crippen molar-refractivity contribution in [3.8, 4) is 78.3 Å². The van der Waals surface area contributed by atoms with Crippen LogP contribution in [0.3, 0.4) is 0 Å². The molecule has 0 aliphatic carbocycles. The van der Waals surface area contributed by atoms with E-state index in [1.807, 2.05) is 6.92 Å². The summed E-state index contributed by atoms with van der Waals surface area (Å²) in [5.74, 6) is 1.67. The van der Waals surface area contributed by atoms with Gasteiger partial charge in [0.2, 0.25) is 0 Å². The Morgan fingerprint density at radius 1 is 0.304 bits per heavy atom. The highest BCUT2D eigenvalue weighted by Crippen LogP contribution is 2.54. The van der Waals surface area contributed by atoms with E-state index in [2.05, 4.69) is 201 Å². The van der Waals surface area contributed by atoms with Crippen molar-refractivity contribution in [1.82, 2.24) is 0 Å². The van der Waals surface area contributed by atoms with Crippen LogP contribution in [-0.2, 0) is 0 Å². The molecule has 0 spiro atoms. The summed E-state index contributed by atoms with van der Waals surface area (Å²) in [6.07, 6.45) is 0. The SMILES string of the molecule is CCOc1ccc2ccccc2c1-c1c(OCC)cc(-c2cc(-c3ccccc3)c(-c3ccccc3)c(-c3ccccc3)c2-c2ccccc2)c2ccccc12. The summed E-state index contributed by atoms with van der Waals surface area (Å²) >= 11 is 0. The van der Waals surface area contributed by atoms with Crippen LogP contribution >= 0.6 is 0 Å². The van der Waals surface area contributed by atoms with Gasteiger partial charge in [-0.25, -0.2) is 0 Å². The van der Waals surface area contributed by atoms with Gasteiger partial charge in [0, 0.05) is 11.1 Å². The smallest absolute Gasteiger partial charge is 0.128 e. The van der Waals surface area contributed by atoms with Crippen LogP contribution in [0.25, 0.3) is 88.3 Å². The van der Waals surface area contributed by atoms with E-state index in [4.69, 9.17) is 9.47 Å². The fraction of sp³-hybridized carbons (Fsp3) is 0.0741. The maximum atomic E-state index is 6.76. The molecule has 0 bridgehead atoms. The van der Waals surface area contributed by atoms with Gasteiger partial charge in [0.1, 0.15) is 11.5 Å². The largest absolute Gasteiger partial charge is 0.493 e. The number of rotatable bonds is 10. The van der Waals surface area contributed by atoms with E-state index in [1.54, 1.807) is 0 Å². The van der Waals surface area contributed by atoms with E-state index in [-0.39, 0.29) is 0 Å². The molecule has 0 aromatic heterocycles. The number of ether oxygens (including phenoxy) is 2. The van der Waals surface area contributed by atoms with Crippen LogP contribution < -0.4 is 9.47 Å². The summed E-state index contributed by atoms with van der Waals surface area (Å²) in [4.78, 5) is 0. The highest BCUT2D eigenvalue weighted by molar-refractivity contribution is 6.16. The molecule has 0 saturated carbocycles. The predicted molar refractivity (Wildman–Crippen MR) is 236 cm³/mol. The lowest BCUT2D eigenvalue weighted by atomic mass is 9.78. The summed E-state index contributed by atoms with van der Waals surface area (Å²) in [5.41, 5.74) is 13.7. The fourth-order valence-corrected chi connectivity index (χ4v) is 8.33. The van der Waals surface area contributed by atoms with E-state index in [9.17, 15) is 0 Å². The van der Waals surface area contributed by atoms with E-state index < -0.39 is 0 Å². The highest BCUT2D eigenvalue weighted by Gasteiger charge is 2.27. The Hall–Kier alpha value is -6.90. The first kappa shape index (κ1) is 34.8. The second-order valence-corrected chi connectivity index (χ2v) is 13.9. The first-order valence-corrected chi connectivity index (χ1v) is 19.5. The Bertz CT molecular complexity index is 2790. The second kappa shape index (κ2) is 15.5. The van der Waals surface area contributed by atoms with Crippen molar-refractivity contribution in [1.29, 1.82) is 0 Å². The van der Waals surface area contributed by atoms with Gasteiger partial charge < -0.3 is 9.47 Å². The molecule has 270 valence electrons. The minimum atomic E-state index is 0.516. The quantitative estimate of drug-likeness (QED) is 0.140. The normalized spacial score (nSPS) is 11.2. The third-order valence-corrected chi connectivity index (χ3v) is 10.6. The Kier molecular flexibility index (Phi) is 9.61. The molecule has 0 unspecified atom stereocenters. The molecular formula is C54H42O2. The van der Waals surface area contributed by atoms with Gasteiger partial charge in [0.05, 0.1) is 13.2 Å². The average Bonchev–Trinajstić information content (AvgIpc) is 3.27. The van der Waals surface area contributed by atoms with Crippen molar-refractivity contribution < 1.29 is 9.47 Å². The van der Waals surface area contributed by atoms with Crippen molar-refractivity contribution in [3.63, 3.8) is 0 Å². The third kappa shape index (κ3) is 6.29. The van der Waals surface area contributed by atoms with Crippen LogP contribution in [0.1, 0.15) is 13.8 Å². The Labute approximate surface area is 329 Å².